The molecule has 158 valence electrons. The highest BCUT2D eigenvalue weighted by Gasteiger charge is 2.27. The van der Waals surface area contributed by atoms with E-state index in [1.54, 1.807) is 0 Å². The summed E-state index contributed by atoms with van der Waals surface area (Å²) in [5, 5.41) is 10.3. The lowest BCUT2D eigenvalue weighted by atomic mass is 9.93. The molecule has 5 heteroatoms. The van der Waals surface area contributed by atoms with Crippen molar-refractivity contribution < 1.29 is 9.84 Å². The zero-order valence-corrected chi connectivity index (χ0v) is 18.2. The number of aliphatic hydroxyl groups is 1. The minimum atomic E-state index is -0.768. The first-order valence-electron chi connectivity index (χ1n) is 10.9. The highest BCUT2D eigenvalue weighted by atomic mass is 16.6. The van der Waals surface area contributed by atoms with Crippen molar-refractivity contribution in [2.24, 2.45) is 5.92 Å². The van der Waals surface area contributed by atoms with Crippen LogP contribution in [-0.2, 0) is 4.74 Å². The summed E-state index contributed by atoms with van der Waals surface area (Å²) in [5.41, 5.74) is 2.37. The predicted octanol–water partition coefficient (Wildman–Crippen LogP) is 3.31. The van der Waals surface area contributed by atoms with Gasteiger partial charge in [0.05, 0.1) is 5.60 Å². The molecule has 5 nitrogen and oxygen atoms in total. The van der Waals surface area contributed by atoms with E-state index in [2.05, 4.69) is 45.9 Å². The quantitative estimate of drug-likeness (QED) is 0.756. The van der Waals surface area contributed by atoms with Crippen molar-refractivity contribution in [1.29, 1.82) is 0 Å². The number of hydrogen-bond acceptors (Lipinski definition) is 5. The summed E-state index contributed by atoms with van der Waals surface area (Å²) in [7, 11) is 0. The molecule has 2 fully saturated rings. The number of ether oxygens (including phenoxy) is 1. The van der Waals surface area contributed by atoms with E-state index in [-0.39, 0.29) is 5.60 Å². The van der Waals surface area contributed by atoms with Gasteiger partial charge in [-0.1, -0.05) is 17.7 Å². The molecule has 0 aromatic heterocycles. The lowest BCUT2D eigenvalue weighted by Crippen LogP contribution is -2.48. The second-order valence-corrected chi connectivity index (χ2v) is 9.49. The Kier molecular flexibility index (Phi) is 7.37. The van der Waals surface area contributed by atoms with Crippen molar-refractivity contribution in [3.05, 3.63) is 29.8 Å². The van der Waals surface area contributed by atoms with Gasteiger partial charge in [0.1, 0.15) is 0 Å². The van der Waals surface area contributed by atoms with E-state index in [0.717, 1.165) is 58.0 Å². The summed E-state index contributed by atoms with van der Waals surface area (Å²) in [5.74, 6) is 0.771. The fourth-order valence-corrected chi connectivity index (χ4v) is 4.20. The van der Waals surface area contributed by atoms with E-state index in [0.29, 0.717) is 0 Å². The molecule has 0 amide bonds. The zero-order chi connectivity index (χ0) is 20.1. The Morgan fingerprint density at radius 3 is 2.18 bits per heavy atom. The molecule has 1 aromatic carbocycles. The minimum absolute atomic E-state index is 0.309. The molecule has 28 heavy (non-hydrogen) atoms. The minimum Gasteiger partial charge on any atom is -0.369 e. The Balaban J connectivity index is 1.33. The molecule has 0 saturated carbocycles. The van der Waals surface area contributed by atoms with Gasteiger partial charge < -0.3 is 14.7 Å². The Bertz CT molecular complexity index is 583. The van der Waals surface area contributed by atoms with E-state index in [1.165, 1.54) is 24.2 Å². The van der Waals surface area contributed by atoms with Gasteiger partial charge in [0.2, 0.25) is 6.41 Å². The number of piperazine rings is 1. The number of hydrogen-bond donors (Lipinski definition) is 1. The molecule has 2 heterocycles. The lowest BCUT2D eigenvalue weighted by molar-refractivity contribution is -0.243. The number of piperidine rings is 1. The molecule has 2 aliphatic rings. The summed E-state index contributed by atoms with van der Waals surface area (Å²) < 4.78 is 5.69. The predicted molar refractivity (Wildman–Crippen MR) is 116 cm³/mol. The van der Waals surface area contributed by atoms with Crippen LogP contribution in [0, 0.1) is 12.8 Å². The van der Waals surface area contributed by atoms with Gasteiger partial charge in [-0.25, -0.2) is 0 Å². The first-order valence-corrected chi connectivity index (χ1v) is 10.9. The third-order valence-corrected chi connectivity index (χ3v) is 6.05. The fourth-order valence-electron chi connectivity index (χ4n) is 4.20. The van der Waals surface area contributed by atoms with Crippen molar-refractivity contribution in [2.45, 2.75) is 59.0 Å². The molecule has 1 unspecified atom stereocenters. The fraction of sp³-hybridized carbons (Fsp3) is 0.739. The normalized spacial score (nSPS) is 21.8. The topological polar surface area (TPSA) is 39.2 Å². The van der Waals surface area contributed by atoms with Crippen molar-refractivity contribution in [3.8, 4) is 0 Å². The monoisotopic (exact) mass is 389 g/mol. The summed E-state index contributed by atoms with van der Waals surface area (Å²) in [6.45, 7) is 15.7. The van der Waals surface area contributed by atoms with E-state index in [1.807, 2.05) is 20.8 Å². The van der Waals surface area contributed by atoms with Gasteiger partial charge >= 0.3 is 0 Å². The lowest BCUT2D eigenvalue weighted by Gasteiger charge is -2.39. The Morgan fingerprint density at radius 2 is 1.61 bits per heavy atom. The van der Waals surface area contributed by atoms with Gasteiger partial charge in [0.15, 0.2) is 0 Å². The van der Waals surface area contributed by atoms with Crippen molar-refractivity contribution in [2.75, 3.05) is 50.7 Å². The maximum Gasteiger partial charge on any atom is 0.216 e. The number of anilines is 1. The maximum atomic E-state index is 10.3. The van der Waals surface area contributed by atoms with Gasteiger partial charge in [-0.3, -0.25) is 9.80 Å². The molecule has 2 saturated heterocycles. The van der Waals surface area contributed by atoms with Crippen LogP contribution in [0.3, 0.4) is 0 Å². The highest BCUT2D eigenvalue weighted by Crippen LogP contribution is 2.24. The molecule has 0 radical (unpaired) electrons. The van der Waals surface area contributed by atoms with Crippen LogP contribution in [0.4, 0.5) is 5.69 Å². The molecule has 3 rings (SSSR count). The zero-order valence-electron chi connectivity index (χ0n) is 18.2. The average molecular weight is 390 g/mol. The largest absolute Gasteiger partial charge is 0.369 e. The summed E-state index contributed by atoms with van der Waals surface area (Å²) in [6, 6.07) is 8.90. The van der Waals surface area contributed by atoms with Crippen molar-refractivity contribution in [1.82, 2.24) is 9.80 Å². The van der Waals surface area contributed by atoms with Crippen molar-refractivity contribution >= 4 is 5.69 Å². The van der Waals surface area contributed by atoms with E-state index < -0.39 is 6.41 Å². The number of aliphatic hydroxyl groups excluding tert-OH is 1. The number of benzene rings is 1. The molecule has 2 aliphatic heterocycles. The van der Waals surface area contributed by atoms with Crippen molar-refractivity contribution in [3.63, 3.8) is 0 Å². The van der Waals surface area contributed by atoms with Crippen LogP contribution in [0.5, 0.6) is 0 Å². The van der Waals surface area contributed by atoms with Crippen LogP contribution in [0.25, 0.3) is 0 Å². The van der Waals surface area contributed by atoms with Gasteiger partial charge in [-0.15, -0.1) is 0 Å². The molecule has 1 atom stereocenters. The first kappa shape index (κ1) is 21.6. The third kappa shape index (κ3) is 6.45. The maximum absolute atomic E-state index is 10.3. The molecule has 0 aliphatic carbocycles. The molecular formula is C23H39N3O2. The molecule has 0 spiro atoms. The number of aryl methyl sites for hydroxylation is 1. The molecular weight excluding hydrogens is 350 g/mol. The van der Waals surface area contributed by atoms with E-state index in [9.17, 15) is 5.11 Å². The van der Waals surface area contributed by atoms with Crippen LogP contribution in [0.1, 0.15) is 45.6 Å². The SMILES string of the molecule is Cc1ccc(N2CCN(CCC3CCN(C(O)OC(C)(C)C)CC3)CC2)cc1. The van der Waals surface area contributed by atoms with Gasteiger partial charge in [0, 0.05) is 45.0 Å². The van der Waals surface area contributed by atoms with Crippen LogP contribution < -0.4 is 4.90 Å². The van der Waals surface area contributed by atoms with Crippen LogP contribution in [0.2, 0.25) is 0 Å². The second-order valence-electron chi connectivity index (χ2n) is 9.49. The smallest absolute Gasteiger partial charge is 0.216 e. The van der Waals surface area contributed by atoms with Crippen LogP contribution in [-0.4, -0.2) is 72.7 Å². The standard InChI is InChI=1S/C23H39N3O2/c1-19-5-7-21(8-6-19)25-17-15-24(16-18-25)12-9-20-10-13-26(14-11-20)22(27)28-23(2,3)4/h5-8,20,22,27H,9-18H2,1-4H3. The van der Waals surface area contributed by atoms with Gasteiger partial charge in [-0.2, -0.15) is 0 Å². The average Bonchev–Trinajstić information content (AvgIpc) is 2.66. The van der Waals surface area contributed by atoms with E-state index >= 15 is 0 Å². The number of rotatable bonds is 6. The Morgan fingerprint density at radius 1 is 1.00 bits per heavy atom. The summed E-state index contributed by atoms with van der Waals surface area (Å²) >= 11 is 0. The molecule has 1 aromatic rings. The highest BCUT2D eigenvalue weighted by molar-refractivity contribution is 5.47. The van der Waals surface area contributed by atoms with Crippen LogP contribution in [0.15, 0.2) is 24.3 Å². The number of nitrogens with zero attached hydrogens (tertiary/aromatic N) is 3. The van der Waals surface area contributed by atoms with E-state index in [4.69, 9.17) is 4.74 Å². The summed E-state index contributed by atoms with van der Waals surface area (Å²) in [4.78, 5) is 7.20. The third-order valence-electron chi connectivity index (χ3n) is 6.05. The Hall–Kier alpha value is -1.14. The van der Waals surface area contributed by atoms with Gasteiger partial charge in [0.25, 0.3) is 0 Å². The first-order chi connectivity index (χ1) is 13.3. The second kappa shape index (κ2) is 9.57. The molecule has 1 N–H and O–H groups in total. The number of likely N-dealkylation sites (tertiary alicyclic amines) is 1. The molecule has 0 bridgehead atoms. The summed E-state index contributed by atoms with van der Waals surface area (Å²) in [6.07, 6.45) is 2.83. The van der Waals surface area contributed by atoms with Crippen LogP contribution >= 0.6 is 0 Å². The Labute approximate surface area is 171 Å². The van der Waals surface area contributed by atoms with Gasteiger partial charge in [-0.05, 0) is 71.6 Å².